The van der Waals surface area contributed by atoms with Gasteiger partial charge in [-0.15, -0.1) is 0 Å². The van der Waals surface area contributed by atoms with E-state index in [0.29, 0.717) is 35.4 Å². The molecular weight excluding hydrogens is 466 g/mol. The molecule has 0 spiro atoms. The molecule has 0 saturated heterocycles. The van der Waals surface area contributed by atoms with Gasteiger partial charge < -0.3 is 14.8 Å². The van der Waals surface area contributed by atoms with Crippen LogP contribution in [0.25, 0.3) is 0 Å². The number of halogens is 1. The van der Waals surface area contributed by atoms with E-state index < -0.39 is 0 Å². The number of hydrogen-bond acceptors (Lipinski definition) is 5. The summed E-state index contributed by atoms with van der Waals surface area (Å²) >= 11 is 6.20. The molecular formula is C27H28ClN3O4. The van der Waals surface area contributed by atoms with Crippen LogP contribution in [0.4, 0.5) is 5.69 Å². The number of benzene rings is 3. The molecule has 0 radical (unpaired) electrons. The van der Waals surface area contributed by atoms with Crippen LogP contribution in [0.2, 0.25) is 5.02 Å². The van der Waals surface area contributed by atoms with E-state index >= 15 is 0 Å². The maximum absolute atomic E-state index is 12.0. The van der Waals surface area contributed by atoms with Crippen LogP contribution in [0.5, 0.6) is 11.5 Å². The highest BCUT2D eigenvalue weighted by molar-refractivity contribution is 6.31. The number of nitrogens with one attached hydrogen (secondary N) is 2. The normalized spacial score (nSPS) is 10.7. The quantitative estimate of drug-likeness (QED) is 0.273. The Morgan fingerprint density at radius 3 is 2.43 bits per heavy atom. The number of rotatable bonds is 11. The summed E-state index contributed by atoms with van der Waals surface area (Å²) in [4.78, 5) is 24.1. The minimum Gasteiger partial charge on any atom is -0.490 e. The van der Waals surface area contributed by atoms with Gasteiger partial charge in [0.2, 0.25) is 11.8 Å². The van der Waals surface area contributed by atoms with E-state index in [2.05, 4.69) is 15.8 Å². The molecule has 0 aliphatic heterocycles. The number of amides is 2. The Morgan fingerprint density at radius 2 is 1.69 bits per heavy atom. The molecule has 7 nitrogen and oxygen atoms in total. The molecule has 3 aromatic rings. The second kappa shape index (κ2) is 13.2. The number of anilines is 1. The van der Waals surface area contributed by atoms with Crippen molar-refractivity contribution in [1.82, 2.24) is 5.43 Å². The lowest BCUT2D eigenvalue weighted by Crippen LogP contribution is -2.20. The van der Waals surface area contributed by atoms with E-state index in [4.69, 9.17) is 21.1 Å². The average Bonchev–Trinajstić information content (AvgIpc) is 2.85. The predicted molar refractivity (Wildman–Crippen MR) is 138 cm³/mol. The molecule has 0 aliphatic rings. The number of nitrogens with zero attached hydrogens (tertiary/aromatic N) is 1. The van der Waals surface area contributed by atoms with Gasteiger partial charge in [-0.3, -0.25) is 9.59 Å². The lowest BCUT2D eigenvalue weighted by Gasteiger charge is -2.13. The van der Waals surface area contributed by atoms with Crippen molar-refractivity contribution < 1.29 is 19.1 Å². The fraction of sp³-hybridized carbons (Fsp3) is 0.222. The van der Waals surface area contributed by atoms with Crippen LogP contribution < -0.4 is 20.2 Å². The molecule has 0 atom stereocenters. The summed E-state index contributed by atoms with van der Waals surface area (Å²) in [5.74, 6) is 0.543. The maximum atomic E-state index is 12.0. The van der Waals surface area contributed by atoms with Crippen molar-refractivity contribution in [3.8, 4) is 11.5 Å². The molecule has 8 heteroatoms. The number of ether oxygens (including phenoxy) is 2. The maximum Gasteiger partial charge on any atom is 0.240 e. The van der Waals surface area contributed by atoms with Crippen molar-refractivity contribution in [2.24, 2.45) is 5.10 Å². The summed E-state index contributed by atoms with van der Waals surface area (Å²) in [5.41, 5.74) is 5.83. The van der Waals surface area contributed by atoms with Gasteiger partial charge >= 0.3 is 0 Å². The summed E-state index contributed by atoms with van der Waals surface area (Å²) in [6, 6.07) is 20.3. The predicted octanol–water partition coefficient (Wildman–Crippen LogP) is 5.50. The zero-order valence-corrected chi connectivity index (χ0v) is 20.5. The van der Waals surface area contributed by atoms with Crippen molar-refractivity contribution in [2.45, 2.75) is 33.3 Å². The van der Waals surface area contributed by atoms with Crippen molar-refractivity contribution in [3.63, 3.8) is 0 Å². The standard InChI is InChI=1S/C27H28ClN3O4/c1-3-34-25-16-20(10-13-24(25)35-18-21-6-4-5-7-23(21)28)17-29-31-27(33)15-14-26(32)30-22-11-8-19(2)9-12-22/h4-13,16-17H,3,14-15,18H2,1-2H3,(H,30,32)(H,31,33). The SMILES string of the molecule is CCOc1cc(C=NNC(=O)CCC(=O)Nc2ccc(C)cc2)ccc1OCc1ccccc1Cl. The zero-order chi connectivity index (χ0) is 25.0. The lowest BCUT2D eigenvalue weighted by atomic mass is 10.2. The average molecular weight is 494 g/mol. The molecule has 0 saturated carbocycles. The van der Waals surface area contributed by atoms with E-state index in [9.17, 15) is 9.59 Å². The number of carbonyl (C=O) groups is 2. The second-order valence-corrected chi connectivity index (χ2v) is 8.13. The van der Waals surface area contributed by atoms with E-state index in [-0.39, 0.29) is 24.7 Å². The molecule has 0 fully saturated rings. The molecule has 0 unspecified atom stereocenters. The Balaban J connectivity index is 1.49. The third-order valence-electron chi connectivity index (χ3n) is 4.93. The lowest BCUT2D eigenvalue weighted by molar-refractivity contribution is -0.124. The van der Waals surface area contributed by atoms with E-state index in [1.165, 1.54) is 6.21 Å². The number of hydrazone groups is 1. The number of aryl methyl sites for hydroxylation is 1. The molecule has 35 heavy (non-hydrogen) atoms. The fourth-order valence-corrected chi connectivity index (χ4v) is 3.28. The van der Waals surface area contributed by atoms with Crippen LogP contribution in [0.1, 0.15) is 36.5 Å². The first kappa shape index (κ1) is 25.8. The highest BCUT2D eigenvalue weighted by Gasteiger charge is 2.09. The first-order valence-electron chi connectivity index (χ1n) is 11.3. The van der Waals surface area contributed by atoms with Crippen LogP contribution in [-0.2, 0) is 16.2 Å². The van der Waals surface area contributed by atoms with Crippen molar-refractivity contribution in [1.29, 1.82) is 0 Å². The van der Waals surface area contributed by atoms with Gasteiger partial charge in [0.05, 0.1) is 12.8 Å². The Hall–Kier alpha value is -3.84. The minimum atomic E-state index is -0.356. The van der Waals surface area contributed by atoms with Crippen LogP contribution in [0.15, 0.2) is 71.8 Å². The number of hydrogen-bond donors (Lipinski definition) is 2. The van der Waals surface area contributed by atoms with Gasteiger partial charge in [-0.1, -0.05) is 47.5 Å². The molecule has 3 aromatic carbocycles. The van der Waals surface area contributed by atoms with Gasteiger partial charge in [0, 0.05) is 29.1 Å². The fourth-order valence-electron chi connectivity index (χ4n) is 3.09. The first-order chi connectivity index (χ1) is 16.9. The van der Waals surface area contributed by atoms with Crippen molar-refractivity contribution >= 4 is 35.3 Å². The Morgan fingerprint density at radius 1 is 0.943 bits per heavy atom. The van der Waals surface area contributed by atoms with Crippen molar-refractivity contribution in [3.05, 3.63) is 88.4 Å². The summed E-state index contributed by atoms with van der Waals surface area (Å²) < 4.78 is 11.6. The van der Waals surface area contributed by atoms with E-state index in [0.717, 1.165) is 16.7 Å². The summed E-state index contributed by atoms with van der Waals surface area (Å²) in [6.45, 7) is 4.62. The van der Waals surface area contributed by atoms with Gasteiger partial charge in [-0.05, 0) is 55.8 Å². The van der Waals surface area contributed by atoms with Gasteiger partial charge in [-0.25, -0.2) is 5.43 Å². The highest BCUT2D eigenvalue weighted by Crippen LogP contribution is 2.29. The third-order valence-corrected chi connectivity index (χ3v) is 5.29. The summed E-state index contributed by atoms with van der Waals surface area (Å²) in [5, 5.41) is 7.38. The Kier molecular flexibility index (Phi) is 9.69. The van der Waals surface area contributed by atoms with Crippen LogP contribution in [-0.4, -0.2) is 24.6 Å². The largest absolute Gasteiger partial charge is 0.490 e. The summed E-state index contributed by atoms with van der Waals surface area (Å²) in [6.07, 6.45) is 1.58. The molecule has 3 rings (SSSR count). The van der Waals surface area contributed by atoms with Gasteiger partial charge in [0.1, 0.15) is 6.61 Å². The monoisotopic (exact) mass is 493 g/mol. The van der Waals surface area contributed by atoms with Gasteiger partial charge in [-0.2, -0.15) is 5.10 Å². The molecule has 2 amide bonds. The van der Waals surface area contributed by atoms with Crippen LogP contribution in [0.3, 0.4) is 0 Å². The summed E-state index contributed by atoms with van der Waals surface area (Å²) in [7, 11) is 0. The molecule has 0 bridgehead atoms. The first-order valence-corrected chi connectivity index (χ1v) is 11.6. The molecule has 0 aliphatic carbocycles. The highest BCUT2D eigenvalue weighted by atomic mass is 35.5. The van der Waals surface area contributed by atoms with Crippen LogP contribution in [0, 0.1) is 6.92 Å². The van der Waals surface area contributed by atoms with Crippen LogP contribution >= 0.6 is 11.6 Å². The molecule has 2 N–H and O–H groups in total. The second-order valence-electron chi connectivity index (χ2n) is 7.73. The minimum absolute atomic E-state index is 0.0219. The van der Waals surface area contributed by atoms with Gasteiger partial charge in [0.25, 0.3) is 0 Å². The zero-order valence-electron chi connectivity index (χ0n) is 19.7. The van der Waals surface area contributed by atoms with E-state index in [1.54, 1.807) is 18.2 Å². The molecule has 182 valence electrons. The number of carbonyl (C=O) groups excluding carboxylic acids is 2. The van der Waals surface area contributed by atoms with Gasteiger partial charge in [0.15, 0.2) is 11.5 Å². The molecule has 0 heterocycles. The third kappa shape index (κ3) is 8.46. The molecule has 0 aromatic heterocycles. The Labute approximate surface area is 210 Å². The Bertz CT molecular complexity index is 1180. The van der Waals surface area contributed by atoms with Crippen molar-refractivity contribution in [2.75, 3.05) is 11.9 Å². The topological polar surface area (TPSA) is 89.0 Å². The van der Waals surface area contributed by atoms with E-state index in [1.807, 2.05) is 62.4 Å². The smallest absolute Gasteiger partial charge is 0.240 e.